The van der Waals surface area contributed by atoms with Gasteiger partial charge < -0.3 is 24.4 Å². The Bertz CT molecular complexity index is 1130. The fourth-order valence-corrected chi connectivity index (χ4v) is 6.12. The van der Waals surface area contributed by atoms with Crippen LogP contribution in [0, 0.1) is 0 Å². The lowest BCUT2D eigenvalue weighted by molar-refractivity contribution is 0.0948. The van der Waals surface area contributed by atoms with E-state index in [0.29, 0.717) is 25.1 Å². The van der Waals surface area contributed by atoms with Gasteiger partial charge in [-0.1, -0.05) is 12.1 Å². The largest absolute Gasteiger partial charge is 0.508 e. The molecule has 0 aliphatic carbocycles. The first-order valence-corrected chi connectivity index (χ1v) is 13.3. The molecule has 4 heterocycles. The lowest BCUT2D eigenvalue weighted by Gasteiger charge is -2.36. The number of likely N-dealkylation sites (N-methyl/N-ethyl adjacent to an activating group) is 1. The molecule has 3 aromatic rings. The van der Waals surface area contributed by atoms with E-state index < -0.39 is 0 Å². The number of hydrogen-bond acceptors (Lipinski definition) is 9. The highest BCUT2D eigenvalue weighted by molar-refractivity contribution is 7.19. The van der Waals surface area contributed by atoms with Gasteiger partial charge in [-0.15, -0.1) is 11.3 Å². The summed E-state index contributed by atoms with van der Waals surface area (Å²) in [7, 11) is 3.98. The fourth-order valence-electron chi connectivity index (χ4n) is 4.96. The Labute approximate surface area is 211 Å². The maximum Gasteiger partial charge on any atom is 0.162 e. The topological polar surface area (TPSA) is 74.2 Å². The van der Waals surface area contributed by atoms with Crippen molar-refractivity contribution in [3.05, 3.63) is 35.2 Å². The number of rotatable bonds is 8. The number of likely N-dealkylation sites (tertiary alicyclic amines) is 1. The molecule has 188 valence electrons. The number of fused-ring (bicyclic) bond motifs is 1. The molecule has 0 spiro atoms. The Balaban J connectivity index is 1.37. The van der Waals surface area contributed by atoms with Crippen molar-refractivity contribution in [1.82, 2.24) is 19.8 Å². The Kier molecular flexibility index (Phi) is 7.79. The maximum atomic E-state index is 9.99. The Morgan fingerprint density at radius 3 is 2.69 bits per heavy atom. The van der Waals surface area contributed by atoms with Crippen molar-refractivity contribution in [2.45, 2.75) is 25.4 Å². The van der Waals surface area contributed by atoms with Gasteiger partial charge in [0.2, 0.25) is 0 Å². The van der Waals surface area contributed by atoms with Gasteiger partial charge in [0.15, 0.2) is 11.6 Å². The monoisotopic (exact) mass is 497 g/mol. The summed E-state index contributed by atoms with van der Waals surface area (Å²) in [5, 5.41) is 9.99. The summed E-state index contributed by atoms with van der Waals surface area (Å²) in [5.74, 6) is 1.85. The Morgan fingerprint density at radius 1 is 1.14 bits per heavy atom. The molecule has 9 heteroatoms. The number of phenolic OH excluding ortho intramolecular Hbond substituents is 1. The lowest BCUT2D eigenvalue weighted by atomic mass is 10.0. The summed E-state index contributed by atoms with van der Waals surface area (Å²) >= 11 is 1.81. The number of anilines is 1. The number of thiophene rings is 1. The first kappa shape index (κ1) is 24.4. The zero-order chi connectivity index (χ0) is 24.2. The summed E-state index contributed by atoms with van der Waals surface area (Å²) in [6, 6.07) is 10.0. The van der Waals surface area contributed by atoms with Gasteiger partial charge in [0.1, 0.15) is 5.75 Å². The van der Waals surface area contributed by atoms with Crippen molar-refractivity contribution in [3.63, 3.8) is 0 Å². The van der Waals surface area contributed by atoms with Crippen LogP contribution in [0.25, 0.3) is 21.6 Å². The summed E-state index contributed by atoms with van der Waals surface area (Å²) in [6.45, 7) is 7.99. The van der Waals surface area contributed by atoms with Crippen LogP contribution in [0.4, 0.5) is 5.82 Å². The van der Waals surface area contributed by atoms with Crippen LogP contribution in [-0.2, 0) is 16.0 Å². The first-order valence-electron chi connectivity index (χ1n) is 12.4. The number of morpholine rings is 1. The fraction of sp³-hybridized carbons (Fsp3) is 0.538. The van der Waals surface area contributed by atoms with Crippen molar-refractivity contribution in [2.75, 3.05) is 71.6 Å². The molecule has 0 radical (unpaired) electrons. The van der Waals surface area contributed by atoms with Gasteiger partial charge in [0.05, 0.1) is 30.0 Å². The summed E-state index contributed by atoms with van der Waals surface area (Å²) < 4.78 is 12.0. The van der Waals surface area contributed by atoms with Crippen LogP contribution in [0.3, 0.4) is 0 Å². The molecule has 2 aliphatic heterocycles. The minimum atomic E-state index is 0.224. The van der Waals surface area contributed by atoms with Crippen LogP contribution in [-0.4, -0.2) is 97.6 Å². The van der Waals surface area contributed by atoms with Gasteiger partial charge in [-0.3, -0.25) is 4.90 Å². The summed E-state index contributed by atoms with van der Waals surface area (Å²) in [4.78, 5) is 18.5. The smallest absolute Gasteiger partial charge is 0.162 e. The van der Waals surface area contributed by atoms with E-state index >= 15 is 0 Å². The quantitative estimate of drug-likeness (QED) is 0.507. The highest BCUT2D eigenvalue weighted by Gasteiger charge is 2.24. The molecular formula is C26H35N5O3S. The van der Waals surface area contributed by atoms with Crippen molar-refractivity contribution in [2.24, 2.45) is 0 Å². The molecule has 2 aromatic heterocycles. The number of hydrogen-bond donors (Lipinski definition) is 1. The first-order chi connectivity index (χ1) is 17.1. The van der Waals surface area contributed by atoms with Gasteiger partial charge in [0.25, 0.3) is 0 Å². The minimum Gasteiger partial charge on any atom is -0.508 e. The van der Waals surface area contributed by atoms with Gasteiger partial charge in [-0.05, 0) is 38.1 Å². The Morgan fingerprint density at radius 2 is 1.94 bits per heavy atom. The third kappa shape index (κ3) is 5.76. The van der Waals surface area contributed by atoms with Gasteiger partial charge in [0, 0.05) is 62.9 Å². The predicted octanol–water partition coefficient (Wildman–Crippen LogP) is 3.44. The van der Waals surface area contributed by atoms with Gasteiger partial charge >= 0.3 is 0 Å². The van der Waals surface area contributed by atoms with Crippen molar-refractivity contribution in [1.29, 1.82) is 0 Å². The van der Waals surface area contributed by atoms with Crippen LogP contribution in [0.1, 0.15) is 17.7 Å². The van der Waals surface area contributed by atoms with E-state index in [4.69, 9.17) is 19.4 Å². The van der Waals surface area contributed by atoms with E-state index in [0.717, 1.165) is 67.5 Å². The maximum absolute atomic E-state index is 9.99. The highest BCUT2D eigenvalue weighted by atomic mass is 32.1. The Hall–Kier alpha value is -2.30. The molecule has 35 heavy (non-hydrogen) atoms. The highest BCUT2D eigenvalue weighted by Crippen LogP contribution is 2.35. The molecule has 5 rings (SSSR count). The molecule has 1 N–H and O–H groups in total. The van der Waals surface area contributed by atoms with Crippen LogP contribution in [0.15, 0.2) is 30.3 Å². The molecule has 0 saturated carbocycles. The molecule has 2 aliphatic rings. The number of piperidine rings is 1. The zero-order valence-corrected chi connectivity index (χ0v) is 21.5. The summed E-state index contributed by atoms with van der Waals surface area (Å²) in [6.07, 6.45) is 2.37. The number of aromatic nitrogens is 2. The number of nitrogens with zero attached hydrogens (tertiary/aromatic N) is 5. The van der Waals surface area contributed by atoms with Crippen LogP contribution < -0.4 is 4.90 Å². The van der Waals surface area contributed by atoms with Gasteiger partial charge in [-0.25, -0.2) is 9.97 Å². The third-order valence-corrected chi connectivity index (χ3v) is 8.13. The molecular weight excluding hydrogens is 462 g/mol. The normalized spacial score (nSPS) is 18.1. The zero-order valence-electron chi connectivity index (χ0n) is 20.7. The van der Waals surface area contributed by atoms with E-state index in [1.165, 1.54) is 17.7 Å². The van der Waals surface area contributed by atoms with Crippen LogP contribution in [0.2, 0.25) is 0 Å². The second-order valence-corrected chi connectivity index (χ2v) is 10.6. The second-order valence-electron chi connectivity index (χ2n) is 9.43. The number of aromatic hydroxyl groups is 1. The molecule has 0 unspecified atom stereocenters. The molecule has 0 amide bonds. The third-order valence-electron chi connectivity index (χ3n) is 7.03. The van der Waals surface area contributed by atoms with E-state index in [2.05, 4.69) is 27.8 Å². The molecule has 2 saturated heterocycles. The number of phenols is 1. The number of ether oxygens (including phenoxy) is 2. The molecule has 0 bridgehead atoms. The minimum absolute atomic E-state index is 0.224. The molecule has 1 aromatic carbocycles. The van der Waals surface area contributed by atoms with E-state index in [1.807, 2.05) is 23.5 Å². The van der Waals surface area contributed by atoms with Crippen molar-refractivity contribution in [3.8, 4) is 17.1 Å². The van der Waals surface area contributed by atoms with Crippen LogP contribution in [0.5, 0.6) is 5.75 Å². The predicted molar refractivity (Wildman–Crippen MR) is 140 cm³/mol. The molecule has 8 nitrogen and oxygen atoms in total. The SMILES string of the molecule is COCCN(C)C1CCN(Cc2cc3nc(-c4cccc(O)c4)nc(N4CCOCC4)c3s2)CC1. The number of benzene rings is 1. The summed E-state index contributed by atoms with van der Waals surface area (Å²) in [5.41, 5.74) is 1.81. The van der Waals surface area contributed by atoms with E-state index in [9.17, 15) is 5.11 Å². The number of methoxy groups -OCH3 is 1. The van der Waals surface area contributed by atoms with Crippen LogP contribution >= 0.6 is 11.3 Å². The van der Waals surface area contributed by atoms with Crippen molar-refractivity contribution < 1.29 is 14.6 Å². The van der Waals surface area contributed by atoms with Crippen molar-refractivity contribution >= 4 is 27.4 Å². The van der Waals surface area contributed by atoms with E-state index in [-0.39, 0.29) is 5.75 Å². The molecule has 2 fully saturated rings. The average Bonchev–Trinajstić information content (AvgIpc) is 3.30. The average molecular weight is 498 g/mol. The van der Waals surface area contributed by atoms with Gasteiger partial charge in [-0.2, -0.15) is 0 Å². The molecule has 0 atom stereocenters. The standard InChI is InChI=1S/C26H35N5O3S/c1-29(10-13-33-2)20-6-8-30(9-7-20)18-22-17-23-24(35-22)26(31-11-14-34-15-12-31)28-25(27-23)19-4-3-5-21(32)16-19/h3-5,16-17,20,32H,6-15,18H2,1-2H3. The lowest BCUT2D eigenvalue weighted by Crippen LogP contribution is -2.43. The second kappa shape index (κ2) is 11.2. The van der Waals surface area contributed by atoms with E-state index in [1.54, 1.807) is 19.2 Å².